The zero-order chi connectivity index (χ0) is 19.7. The minimum Gasteiger partial charge on any atom is -0.376 e. The summed E-state index contributed by atoms with van der Waals surface area (Å²) in [6.45, 7) is 12.7. The zero-order valence-electron chi connectivity index (χ0n) is 17.7. The van der Waals surface area contributed by atoms with Gasteiger partial charge in [-0.3, -0.25) is 4.90 Å². The molecule has 0 aliphatic carbocycles. The van der Waals surface area contributed by atoms with Gasteiger partial charge in [-0.15, -0.1) is 0 Å². The number of nitrogens with zero attached hydrogens (tertiary/aromatic N) is 5. The summed E-state index contributed by atoms with van der Waals surface area (Å²) in [6.07, 6.45) is 6.32. The molecule has 2 fully saturated rings. The molecule has 0 bridgehead atoms. The van der Waals surface area contributed by atoms with Crippen LogP contribution in [0.15, 0.2) is 6.33 Å². The molecule has 2 aromatic rings. The lowest BCUT2D eigenvalue weighted by atomic mass is 10.1. The van der Waals surface area contributed by atoms with Crippen molar-refractivity contribution in [2.75, 3.05) is 25.0 Å². The molecule has 2 aliphatic rings. The summed E-state index contributed by atoms with van der Waals surface area (Å²) >= 11 is 0. The van der Waals surface area contributed by atoms with Gasteiger partial charge < -0.3 is 10.1 Å². The van der Waals surface area contributed by atoms with Crippen LogP contribution in [0.25, 0.3) is 11.0 Å². The van der Waals surface area contributed by atoms with Gasteiger partial charge in [0.25, 0.3) is 0 Å². The molecule has 0 spiro atoms. The van der Waals surface area contributed by atoms with Crippen molar-refractivity contribution in [1.82, 2.24) is 24.6 Å². The van der Waals surface area contributed by atoms with Gasteiger partial charge in [-0.1, -0.05) is 27.2 Å². The van der Waals surface area contributed by atoms with Crippen molar-refractivity contribution in [1.29, 1.82) is 0 Å². The van der Waals surface area contributed by atoms with Gasteiger partial charge in [0.15, 0.2) is 5.65 Å². The normalized spacial score (nSPS) is 25.5. The first-order chi connectivity index (χ1) is 13.5. The highest BCUT2D eigenvalue weighted by molar-refractivity contribution is 5.89. The summed E-state index contributed by atoms with van der Waals surface area (Å²) < 4.78 is 7.94. The molecule has 4 rings (SSSR count). The van der Waals surface area contributed by atoms with E-state index >= 15 is 0 Å². The molecule has 0 saturated carbocycles. The fourth-order valence-corrected chi connectivity index (χ4v) is 4.52. The number of rotatable bonds is 7. The van der Waals surface area contributed by atoms with E-state index in [1.54, 1.807) is 6.33 Å². The Kier molecular flexibility index (Phi) is 5.83. The summed E-state index contributed by atoms with van der Waals surface area (Å²) in [5.41, 5.74) is 2.09. The molecule has 2 saturated heterocycles. The van der Waals surface area contributed by atoms with Crippen molar-refractivity contribution in [2.24, 2.45) is 5.92 Å². The lowest BCUT2D eigenvalue weighted by Crippen LogP contribution is -2.45. The SMILES string of the molecule is CCCCn1nc(CC(C)C)c2c(N[C@@H]3C[C@H]4CO[C@@H](C)CN4C3)ncnc21. The Morgan fingerprint density at radius 3 is 2.93 bits per heavy atom. The van der Waals surface area contributed by atoms with E-state index in [2.05, 4.69) is 52.6 Å². The molecule has 3 atom stereocenters. The van der Waals surface area contributed by atoms with E-state index in [0.29, 0.717) is 24.1 Å². The molecule has 7 heteroatoms. The molecule has 4 heterocycles. The maximum Gasteiger partial charge on any atom is 0.163 e. The highest BCUT2D eigenvalue weighted by Crippen LogP contribution is 2.29. The second-order valence-electron chi connectivity index (χ2n) is 8.87. The van der Waals surface area contributed by atoms with Gasteiger partial charge in [-0.2, -0.15) is 5.10 Å². The summed E-state index contributed by atoms with van der Waals surface area (Å²) in [5.74, 6) is 1.49. The van der Waals surface area contributed by atoms with Crippen LogP contribution in [0.4, 0.5) is 5.82 Å². The number of aryl methyl sites for hydroxylation is 1. The van der Waals surface area contributed by atoms with Crippen molar-refractivity contribution >= 4 is 16.9 Å². The number of hydrogen-bond donors (Lipinski definition) is 1. The van der Waals surface area contributed by atoms with Crippen LogP contribution in [-0.2, 0) is 17.7 Å². The van der Waals surface area contributed by atoms with Crippen LogP contribution in [-0.4, -0.2) is 62.5 Å². The minimum atomic E-state index is 0.329. The van der Waals surface area contributed by atoms with Crippen LogP contribution < -0.4 is 5.32 Å². The van der Waals surface area contributed by atoms with E-state index in [4.69, 9.17) is 9.84 Å². The maximum absolute atomic E-state index is 5.86. The first kappa shape index (κ1) is 19.6. The molecule has 1 N–H and O–H groups in total. The Morgan fingerprint density at radius 2 is 2.14 bits per heavy atom. The maximum atomic E-state index is 5.86. The van der Waals surface area contributed by atoms with Gasteiger partial charge in [0.2, 0.25) is 0 Å². The van der Waals surface area contributed by atoms with Gasteiger partial charge >= 0.3 is 0 Å². The Hall–Kier alpha value is -1.73. The highest BCUT2D eigenvalue weighted by atomic mass is 16.5. The molecular formula is C21H34N6O. The van der Waals surface area contributed by atoms with Crippen LogP contribution in [0.5, 0.6) is 0 Å². The third-order valence-corrected chi connectivity index (χ3v) is 5.86. The Balaban J connectivity index is 1.60. The van der Waals surface area contributed by atoms with Crippen LogP contribution in [0, 0.1) is 5.92 Å². The number of hydrogen-bond acceptors (Lipinski definition) is 6. The standard InChI is InChI=1S/C21H34N6O/c1-5-6-7-27-21-19(18(25-27)8-14(2)3)20(22-13-23-21)24-16-9-17-12-28-15(4)10-26(17)11-16/h13-17H,5-12H2,1-4H3,(H,22,23,24)/t15-,16+,17-/m0/s1. The molecule has 7 nitrogen and oxygen atoms in total. The Labute approximate surface area is 167 Å². The number of unbranched alkanes of at least 4 members (excludes halogenated alkanes) is 1. The van der Waals surface area contributed by atoms with Crippen molar-refractivity contribution in [2.45, 2.75) is 78.1 Å². The Bertz CT molecular complexity index is 804. The number of fused-ring (bicyclic) bond motifs is 2. The first-order valence-electron chi connectivity index (χ1n) is 10.9. The van der Waals surface area contributed by atoms with Crippen molar-refractivity contribution in [3.05, 3.63) is 12.0 Å². The zero-order valence-corrected chi connectivity index (χ0v) is 17.7. The number of nitrogens with one attached hydrogen (secondary N) is 1. The second-order valence-corrected chi connectivity index (χ2v) is 8.87. The van der Waals surface area contributed by atoms with E-state index in [-0.39, 0.29) is 0 Å². The van der Waals surface area contributed by atoms with Gasteiger partial charge in [-0.25, -0.2) is 14.6 Å². The number of anilines is 1. The third-order valence-electron chi connectivity index (χ3n) is 5.86. The summed E-state index contributed by atoms with van der Waals surface area (Å²) in [7, 11) is 0. The van der Waals surface area contributed by atoms with Crippen molar-refractivity contribution in [3.63, 3.8) is 0 Å². The third kappa shape index (κ3) is 4.01. The van der Waals surface area contributed by atoms with Crippen molar-refractivity contribution in [3.8, 4) is 0 Å². The Morgan fingerprint density at radius 1 is 1.29 bits per heavy atom. The van der Waals surface area contributed by atoms with E-state index in [0.717, 1.165) is 74.5 Å². The van der Waals surface area contributed by atoms with Crippen LogP contribution in [0.1, 0.15) is 52.7 Å². The second kappa shape index (κ2) is 8.33. The molecule has 154 valence electrons. The van der Waals surface area contributed by atoms with Gasteiger partial charge in [0.1, 0.15) is 12.1 Å². The average molecular weight is 387 g/mol. The molecule has 0 radical (unpaired) electrons. The summed E-state index contributed by atoms with van der Waals surface area (Å²) in [5, 5.41) is 9.78. The van der Waals surface area contributed by atoms with E-state index in [9.17, 15) is 0 Å². The number of aromatic nitrogens is 4. The van der Waals surface area contributed by atoms with Crippen molar-refractivity contribution < 1.29 is 4.74 Å². The number of morpholine rings is 1. The molecule has 0 amide bonds. The fraction of sp³-hybridized carbons (Fsp3) is 0.762. The predicted octanol–water partition coefficient (Wildman–Crippen LogP) is 3.10. The highest BCUT2D eigenvalue weighted by Gasteiger charge is 2.36. The van der Waals surface area contributed by atoms with Gasteiger partial charge in [-0.05, 0) is 32.1 Å². The molecule has 0 unspecified atom stereocenters. The lowest BCUT2D eigenvalue weighted by molar-refractivity contribution is -0.0390. The smallest absolute Gasteiger partial charge is 0.163 e. The quantitative estimate of drug-likeness (QED) is 0.789. The minimum absolute atomic E-state index is 0.329. The number of ether oxygens (including phenoxy) is 1. The molecule has 0 aromatic carbocycles. The topological polar surface area (TPSA) is 68.1 Å². The van der Waals surface area contributed by atoms with Crippen LogP contribution in [0.3, 0.4) is 0 Å². The molecular weight excluding hydrogens is 352 g/mol. The average Bonchev–Trinajstić information content (AvgIpc) is 3.20. The molecule has 28 heavy (non-hydrogen) atoms. The fourth-order valence-electron chi connectivity index (χ4n) is 4.52. The van der Waals surface area contributed by atoms with E-state index in [1.165, 1.54) is 0 Å². The lowest BCUT2D eigenvalue weighted by Gasteiger charge is -2.33. The largest absolute Gasteiger partial charge is 0.376 e. The van der Waals surface area contributed by atoms with Crippen LogP contribution >= 0.6 is 0 Å². The summed E-state index contributed by atoms with van der Waals surface area (Å²) in [6, 6.07) is 0.913. The van der Waals surface area contributed by atoms with E-state index in [1.807, 2.05) is 0 Å². The predicted molar refractivity (Wildman–Crippen MR) is 112 cm³/mol. The van der Waals surface area contributed by atoms with E-state index < -0.39 is 0 Å². The summed E-state index contributed by atoms with van der Waals surface area (Å²) in [4.78, 5) is 11.8. The van der Waals surface area contributed by atoms with Gasteiger partial charge in [0, 0.05) is 31.7 Å². The van der Waals surface area contributed by atoms with Crippen LogP contribution in [0.2, 0.25) is 0 Å². The van der Waals surface area contributed by atoms with Gasteiger partial charge in [0.05, 0.1) is 23.8 Å². The monoisotopic (exact) mass is 386 g/mol. The molecule has 2 aromatic heterocycles. The molecule has 2 aliphatic heterocycles. The first-order valence-corrected chi connectivity index (χ1v) is 10.9.